The van der Waals surface area contributed by atoms with Crippen molar-refractivity contribution in [2.24, 2.45) is 0 Å². The molecule has 2 heterocycles. The van der Waals surface area contributed by atoms with Crippen LogP contribution in [0.3, 0.4) is 0 Å². The highest BCUT2D eigenvalue weighted by Crippen LogP contribution is 2.31. The first-order valence-electron chi connectivity index (χ1n) is 7.31. The molecule has 3 aromatic rings. The molecule has 0 aliphatic carbocycles. The molecule has 8 heteroatoms. The second-order valence-corrected chi connectivity index (χ2v) is 6.03. The summed E-state index contributed by atoms with van der Waals surface area (Å²) in [5.41, 5.74) is 8.05. The maximum absolute atomic E-state index is 11.9. The minimum atomic E-state index is -1.18. The lowest BCUT2D eigenvalue weighted by Crippen LogP contribution is -2.26. The van der Waals surface area contributed by atoms with Crippen molar-refractivity contribution in [3.05, 3.63) is 47.2 Å². The van der Waals surface area contributed by atoms with Crippen molar-refractivity contribution in [1.82, 2.24) is 14.6 Å². The number of nitrogens with two attached hydrogens (primary N) is 1. The number of benzene rings is 1. The second-order valence-electron chi connectivity index (χ2n) is 5.64. The highest BCUT2D eigenvalue weighted by atomic mass is 35.5. The summed E-state index contributed by atoms with van der Waals surface area (Å²) >= 11 is 6.13. The monoisotopic (exact) mass is 345 g/mol. The molecule has 0 atom stereocenters. The van der Waals surface area contributed by atoms with E-state index < -0.39 is 6.09 Å². The molecule has 24 heavy (non-hydrogen) atoms. The molecular weight excluding hydrogens is 330 g/mol. The zero-order valence-electron chi connectivity index (χ0n) is 13.1. The number of aromatic nitrogens is 3. The average Bonchev–Trinajstić information content (AvgIpc) is 2.91. The molecule has 0 spiro atoms. The summed E-state index contributed by atoms with van der Waals surface area (Å²) < 4.78 is 1.47. The number of hydrogen-bond donors (Lipinski definition) is 2. The largest absolute Gasteiger partial charge is 0.464 e. The molecule has 0 saturated carbocycles. The van der Waals surface area contributed by atoms with Gasteiger partial charge in [-0.2, -0.15) is 9.61 Å². The van der Waals surface area contributed by atoms with Crippen LogP contribution in [0.1, 0.15) is 25.3 Å². The van der Waals surface area contributed by atoms with E-state index >= 15 is 0 Å². The van der Waals surface area contributed by atoms with Gasteiger partial charge in [0.15, 0.2) is 5.65 Å². The standard InChI is InChI=1S/C16H16ClN5O2/c1-9(2)12-8-19-22-14(7-13(17)20-15(12)22)21(16(23)24)11-5-3-4-10(18)6-11/h3-9H,18H2,1-2H3,(H,23,24). The van der Waals surface area contributed by atoms with Gasteiger partial charge in [-0.25, -0.2) is 14.7 Å². The maximum atomic E-state index is 11.9. The number of nitrogen functional groups attached to an aromatic ring is 1. The first-order chi connectivity index (χ1) is 11.4. The van der Waals surface area contributed by atoms with Crippen molar-refractivity contribution in [2.75, 3.05) is 10.6 Å². The molecule has 2 aromatic heterocycles. The molecule has 0 fully saturated rings. The van der Waals surface area contributed by atoms with Gasteiger partial charge in [-0.3, -0.25) is 0 Å². The summed E-state index contributed by atoms with van der Waals surface area (Å²) in [4.78, 5) is 17.3. The van der Waals surface area contributed by atoms with E-state index in [0.29, 0.717) is 17.0 Å². The number of carboxylic acid groups (broad SMARTS) is 1. The Morgan fingerprint density at radius 1 is 1.38 bits per heavy atom. The van der Waals surface area contributed by atoms with Gasteiger partial charge in [-0.05, 0) is 24.1 Å². The molecule has 0 unspecified atom stereocenters. The van der Waals surface area contributed by atoms with Crippen LogP contribution in [0.2, 0.25) is 5.15 Å². The van der Waals surface area contributed by atoms with Gasteiger partial charge < -0.3 is 10.8 Å². The van der Waals surface area contributed by atoms with Crippen molar-refractivity contribution in [2.45, 2.75) is 19.8 Å². The lowest BCUT2D eigenvalue weighted by Gasteiger charge is -2.20. The van der Waals surface area contributed by atoms with Crippen LogP contribution in [0.25, 0.3) is 5.65 Å². The van der Waals surface area contributed by atoms with Crippen molar-refractivity contribution in [3.63, 3.8) is 0 Å². The van der Waals surface area contributed by atoms with Crippen molar-refractivity contribution in [3.8, 4) is 0 Å². The summed E-state index contributed by atoms with van der Waals surface area (Å²) in [6.45, 7) is 4.01. The summed E-state index contributed by atoms with van der Waals surface area (Å²) in [7, 11) is 0. The van der Waals surface area contributed by atoms with E-state index in [1.807, 2.05) is 13.8 Å². The minimum absolute atomic E-state index is 0.173. The Hall–Kier alpha value is -2.80. The lowest BCUT2D eigenvalue weighted by molar-refractivity contribution is 0.204. The van der Waals surface area contributed by atoms with Gasteiger partial charge in [-0.15, -0.1) is 0 Å². The fourth-order valence-electron chi connectivity index (χ4n) is 2.51. The molecule has 0 saturated heterocycles. The van der Waals surface area contributed by atoms with Crippen LogP contribution in [-0.4, -0.2) is 25.8 Å². The van der Waals surface area contributed by atoms with Crippen molar-refractivity contribution in [1.29, 1.82) is 0 Å². The number of carbonyl (C=O) groups is 1. The number of halogens is 1. The number of fused-ring (bicyclic) bond motifs is 1. The predicted molar refractivity (Wildman–Crippen MR) is 93.1 cm³/mol. The SMILES string of the molecule is CC(C)c1cnn2c(N(C(=O)O)c3cccc(N)c3)cc(Cl)nc12. The molecule has 1 amide bonds. The van der Waals surface area contributed by atoms with E-state index in [2.05, 4.69) is 10.1 Å². The van der Waals surface area contributed by atoms with Gasteiger partial charge in [0.2, 0.25) is 0 Å². The third-order valence-electron chi connectivity index (χ3n) is 3.62. The molecular formula is C16H16ClN5O2. The Bertz CT molecular complexity index is 922. The van der Waals surface area contributed by atoms with Crippen LogP contribution in [0.4, 0.5) is 22.0 Å². The fraction of sp³-hybridized carbons (Fsp3) is 0.188. The van der Waals surface area contributed by atoms with E-state index in [-0.39, 0.29) is 16.9 Å². The first-order valence-corrected chi connectivity index (χ1v) is 7.69. The maximum Gasteiger partial charge on any atom is 0.417 e. The molecule has 0 aliphatic rings. The molecule has 0 bridgehead atoms. The Morgan fingerprint density at radius 2 is 2.12 bits per heavy atom. The Labute approximate surface area is 143 Å². The molecule has 7 nitrogen and oxygen atoms in total. The summed E-state index contributed by atoms with van der Waals surface area (Å²) in [5.74, 6) is 0.446. The Balaban J connectivity index is 2.27. The smallest absolute Gasteiger partial charge is 0.417 e. The van der Waals surface area contributed by atoms with Gasteiger partial charge in [0.25, 0.3) is 0 Å². The lowest BCUT2D eigenvalue weighted by atomic mass is 10.1. The van der Waals surface area contributed by atoms with Crippen LogP contribution in [-0.2, 0) is 0 Å². The van der Waals surface area contributed by atoms with Crippen LogP contribution < -0.4 is 10.6 Å². The molecule has 0 aliphatic heterocycles. The predicted octanol–water partition coefficient (Wildman–Crippen LogP) is 3.90. The highest BCUT2D eigenvalue weighted by molar-refractivity contribution is 6.29. The summed E-state index contributed by atoms with van der Waals surface area (Å²) in [6, 6.07) is 8.05. The van der Waals surface area contributed by atoms with E-state index in [0.717, 1.165) is 10.5 Å². The number of amides is 1. The van der Waals surface area contributed by atoms with Gasteiger partial charge in [0.1, 0.15) is 11.0 Å². The van der Waals surface area contributed by atoms with Crippen LogP contribution >= 0.6 is 11.6 Å². The molecule has 1 aromatic carbocycles. The van der Waals surface area contributed by atoms with Gasteiger partial charge in [-0.1, -0.05) is 31.5 Å². The third kappa shape index (κ3) is 2.74. The number of nitrogens with zero attached hydrogens (tertiary/aromatic N) is 4. The van der Waals surface area contributed by atoms with Gasteiger partial charge in [0.05, 0.1) is 11.9 Å². The summed E-state index contributed by atoms with van der Waals surface area (Å²) in [6.07, 6.45) is 0.498. The number of anilines is 3. The summed E-state index contributed by atoms with van der Waals surface area (Å²) in [5, 5.41) is 14.2. The van der Waals surface area contributed by atoms with Crippen LogP contribution in [0.5, 0.6) is 0 Å². The first kappa shape index (κ1) is 16.1. The minimum Gasteiger partial charge on any atom is -0.464 e. The van der Waals surface area contributed by atoms with Crippen molar-refractivity contribution >= 4 is 40.5 Å². The second kappa shape index (κ2) is 6.01. The average molecular weight is 346 g/mol. The van der Waals surface area contributed by atoms with Crippen LogP contribution in [0, 0.1) is 0 Å². The zero-order chi connectivity index (χ0) is 17.4. The zero-order valence-corrected chi connectivity index (χ0v) is 13.9. The molecule has 3 N–H and O–H groups in total. The third-order valence-corrected chi connectivity index (χ3v) is 3.81. The van der Waals surface area contributed by atoms with E-state index in [4.69, 9.17) is 17.3 Å². The van der Waals surface area contributed by atoms with E-state index in [1.54, 1.807) is 30.5 Å². The van der Waals surface area contributed by atoms with Gasteiger partial charge in [0, 0.05) is 17.3 Å². The highest BCUT2D eigenvalue weighted by Gasteiger charge is 2.23. The number of hydrogen-bond acceptors (Lipinski definition) is 4. The van der Waals surface area contributed by atoms with Crippen LogP contribution in [0.15, 0.2) is 36.5 Å². The normalized spacial score (nSPS) is 11.2. The Morgan fingerprint density at radius 3 is 2.75 bits per heavy atom. The molecule has 3 rings (SSSR count). The topological polar surface area (TPSA) is 96.8 Å². The fourth-order valence-corrected chi connectivity index (χ4v) is 2.68. The van der Waals surface area contributed by atoms with E-state index in [9.17, 15) is 9.90 Å². The molecule has 124 valence electrons. The van der Waals surface area contributed by atoms with E-state index in [1.165, 1.54) is 10.6 Å². The van der Waals surface area contributed by atoms with Crippen molar-refractivity contribution < 1.29 is 9.90 Å². The van der Waals surface area contributed by atoms with Gasteiger partial charge >= 0.3 is 6.09 Å². The Kier molecular flexibility index (Phi) is 4.02. The quantitative estimate of drug-likeness (QED) is 0.554. The molecule has 0 radical (unpaired) electrons. The number of rotatable bonds is 3.